The van der Waals surface area contributed by atoms with Crippen LogP contribution in [0.3, 0.4) is 0 Å². The van der Waals surface area contributed by atoms with Gasteiger partial charge in [0.1, 0.15) is 30.2 Å². The van der Waals surface area contributed by atoms with E-state index in [0.717, 1.165) is 16.7 Å². The van der Waals surface area contributed by atoms with Crippen LogP contribution in [0.2, 0.25) is 0 Å². The molecular formula is C20H25NO7. The molecule has 5 N–H and O–H groups in total. The van der Waals surface area contributed by atoms with Crippen LogP contribution in [0, 0.1) is 0 Å². The van der Waals surface area contributed by atoms with Gasteiger partial charge in [-0.05, 0) is 23.6 Å². The molecule has 0 aliphatic carbocycles. The van der Waals surface area contributed by atoms with Gasteiger partial charge in [0.25, 0.3) is 0 Å². The zero-order valence-corrected chi connectivity index (χ0v) is 15.3. The lowest BCUT2D eigenvalue weighted by atomic mass is 9.99. The molecule has 0 radical (unpaired) electrons. The topological polar surface area (TPSA) is 133 Å². The van der Waals surface area contributed by atoms with E-state index in [1.54, 1.807) is 12.3 Å². The quantitative estimate of drug-likeness (QED) is 0.422. The summed E-state index contributed by atoms with van der Waals surface area (Å²) in [7, 11) is 0. The molecule has 28 heavy (non-hydrogen) atoms. The van der Waals surface area contributed by atoms with E-state index < -0.39 is 37.3 Å². The maximum absolute atomic E-state index is 10.2. The Bertz CT molecular complexity index is 752. The van der Waals surface area contributed by atoms with Crippen molar-refractivity contribution in [1.29, 1.82) is 0 Å². The number of pyridine rings is 1. The van der Waals surface area contributed by atoms with Gasteiger partial charge in [-0.3, -0.25) is 4.98 Å². The standard InChI is InChI=1S/C20H25NO7/c22-8-6-12-1-3-13(4-2-12)9-14-5-7-21-10-15(14)27-20-19(26)18(25)17(24)16(11-23)28-20/h1-5,7,10,16-20,22-26H,6,8-9,11H2/t16-,17-,18+,19-,20-/m1/s1. The molecule has 1 aliphatic rings. The fourth-order valence-electron chi connectivity index (χ4n) is 3.12. The first kappa shape index (κ1) is 20.7. The molecule has 0 saturated carbocycles. The molecule has 1 fully saturated rings. The maximum Gasteiger partial charge on any atom is 0.229 e. The van der Waals surface area contributed by atoms with Crippen LogP contribution < -0.4 is 4.74 Å². The summed E-state index contributed by atoms with van der Waals surface area (Å²) in [5.41, 5.74) is 2.85. The summed E-state index contributed by atoms with van der Waals surface area (Å²) in [4.78, 5) is 4.04. The van der Waals surface area contributed by atoms with Crippen molar-refractivity contribution in [2.45, 2.75) is 43.5 Å². The van der Waals surface area contributed by atoms with Crippen LogP contribution in [0.1, 0.15) is 16.7 Å². The van der Waals surface area contributed by atoms with E-state index in [9.17, 15) is 20.4 Å². The molecule has 1 aromatic carbocycles. The number of ether oxygens (including phenoxy) is 2. The highest BCUT2D eigenvalue weighted by atomic mass is 16.7. The Morgan fingerprint density at radius 3 is 2.32 bits per heavy atom. The maximum atomic E-state index is 10.2. The number of aliphatic hydroxyl groups is 5. The molecule has 0 spiro atoms. The Kier molecular flexibility index (Phi) is 6.95. The number of aliphatic hydroxyl groups excluding tert-OH is 5. The second-order valence-corrected chi connectivity index (χ2v) is 6.77. The number of rotatable bonds is 7. The number of benzene rings is 1. The molecule has 8 heteroatoms. The molecule has 2 heterocycles. The normalized spacial score (nSPS) is 27.5. The van der Waals surface area contributed by atoms with Crippen molar-refractivity contribution in [1.82, 2.24) is 4.98 Å². The molecule has 8 nitrogen and oxygen atoms in total. The summed E-state index contributed by atoms with van der Waals surface area (Å²) in [6, 6.07) is 9.60. The molecule has 0 unspecified atom stereocenters. The molecule has 1 saturated heterocycles. The van der Waals surface area contributed by atoms with E-state index in [1.165, 1.54) is 6.20 Å². The van der Waals surface area contributed by atoms with Gasteiger partial charge in [-0.15, -0.1) is 0 Å². The molecule has 1 aromatic heterocycles. The van der Waals surface area contributed by atoms with Gasteiger partial charge in [0, 0.05) is 24.8 Å². The SMILES string of the molecule is OCCc1ccc(Cc2ccncc2O[C@@H]2O[C@H](CO)[C@@H](O)[C@H](O)[C@H]2O)cc1. The van der Waals surface area contributed by atoms with Crippen LogP contribution in [-0.2, 0) is 17.6 Å². The van der Waals surface area contributed by atoms with Crippen LogP contribution >= 0.6 is 0 Å². The largest absolute Gasteiger partial charge is 0.460 e. The van der Waals surface area contributed by atoms with Crippen molar-refractivity contribution in [3.05, 3.63) is 59.4 Å². The van der Waals surface area contributed by atoms with E-state index in [1.807, 2.05) is 24.3 Å². The Balaban J connectivity index is 1.74. The van der Waals surface area contributed by atoms with E-state index >= 15 is 0 Å². The second-order valence-electron chi connectivity index (χ2n) is 6.77. The Labute approximate surface area is 162 Å². The fourth-order valence-corrected chi connectivity index (χ4v) is 3.12. The minimum Gasteiger partial charge on any atom is -0.460 e. The molecule has 0 bridgehead atoms. The zero-order chi connectivity index (χ0) is 20.1. The number of hydrogen-bond acceptors (Lipinski definition) is 8. The Hall–Kier alpha value is -2.07. The van der Waals surface area contributed by atoms with E-state index in [2.05, 4.69) is 4.98 Å². The first-order valence-corrected chi connectivity index (χ1v) is 9.12. The zero-order valence-electron chi connectivity index (χ0n) is 15.3. The van der Waals surface area contributed by atoms with Crippen molar-refractivity contribution < 1.29 is 35.0 Å². The molecule has 2 aromatic rings. The highest BCUT2D eigenvalue weighted by Gasteiger charge is 2.44. The predicted octanol–water partition coefficient (Wildman–Crippen LogP) is -0.614. The fraction of sp³-hybridized carbons (Fsp3) is 0.450. The van der Waals surface area contributed by atoms with Crippen molar-refractivity contribution in [3.63, 3.8) is 0 Å². The minimum atomic E-state index is -1.50. The van der Waals surface area contributed by atoms with E-state index in [-0.39, 0.29) is 6.61 Å². The van der Waals surface area contributed by atoms with Gasteiger partial charge in [0.05, 0.1) is 12.8 Å². The summed E-state index contributed by atoms with van der Waals surface area (Å²) in [6.45, 7) is -0.425. The number of hydrogen-bond donors (Lipinski definition) is 5. The van der Waals surface area contributed by atoms with E-state index in [4.69, 9.17) is 14.6 Å². The summed E-state index contributed by atoms with van der Waals surface area (Å²) in [5.74, 6) is 0.367. The third-order valence-electron chi connectivity index (χ3n) is 4.78. The van der Waals surface area contributed by atoms with Gasteiger partial charge in [-0.1, -0.05) is 24.3 Å². The van der Waals surface area contributed by atoms with Crippen LogP contribution in [0.25, 0.3) is 0 Å². The molecular weight excluding hydrogens is 366 g/mol. The van der Waals surface area contributed by atoms with Gasteiger partial charge < -0.3 is 35.0 Å². The monoisotopic (exact) mass is 391 g/mol. The lowest BCUT2D eigenvalue weighted by molar-refractivity contribution is -0.277. The summed E-state index contributed by atoms with van der Waals surface area (Å²) in [6.07, 6.45) is -2.49. The molecule has 5 atom stereocenters. The van der Waals surface area contributed by atoms with Crippen LogP contribution in [0.4, 0.5) is 0 Å². The van der Waals surface area contributed by atoms with Crippen molar-refractivity contribution in [2.75, 3.05) is 13.2 Å². The lowest BCUT2D eigenvalue weighted by Gasteiger charge is -2.39. The van der Waals surface area contributed by atoms with Gasteiger partial charge in [-0.2, -0.15) is 0 Å². The smallest absolute Gasteiger partial charge is 0.229 e. The minimum absolute atomic E-state index is 0.0980. The van der Waals surface area contributed by atoms with Crippen molar-refractivity contribution >= 4 is 0 Å². The lowest BCUT2D eigenvalue weighted by Crippen LogP contribution is -2.60. The van der Waals surface area contributed by atoms with Gasteiger partial charge in [0.15, 0.2) is 0 Å². The van der Waals surface area contributed by atoms with Crippen LogP contribution in [0.5, 0.6) is 5.75 Å². The Morgan fingerprint density at radius 2 is 1.64 bits per heavy atom. The average molecular weight is 391 g/mol. The summed E-state index contributed by atoms with van der Waals surface area (Å²) >= 11 is 0. The Morgan fingerprint density at radius 1 is 0.929 bits per heavy atom. The molecule has 1 aliphatic heterocycles. The first-order valence-electron chi connectivity index (χ1n) is 9.12. The molecule has 152 valence electrons. The van der Waals surface area contributed by atoms with Crippen molar-refractivity contribution in [2.24, 2.45) is 0 Å². The van der Waals surface area contributed by atoms with Crippen molar-refractivity contribution in [3.8, 4) is 5.75 Å². The first-order chi connectivity index (χ1) is 13.5. The summed E-state index contributed by atoms with van der Waals surface area (Å²) < 4.78 is 11.1. The average Bonchev–Trinajstić information content (AvgIpc) is 2.71. The van der Waals surface area contributed by atoms with Gasteiger partial charge in [0.2, 0.25) is 6.29 Å². The number of nitrogens with zero attached hydrogens (tertiary/aromatic N) is 1. The summed E-state index contributed by atoms with van der Waals surface area (Å²) in [5, 5.41) is 48.3. The van der Waals surface area contributed by atoms with Gasteiger partial charge in [-0.25, -0.2) is 0 Å². The van der Waals surface area contributed by atoms with Crippen LogP contribution in [0.15, 0.2) is 42.7 Å². The van der Waals surface area contributed by atoms with Crippen LogP contribution in [-0.4, -0.2) is 74.4 Å². The third-order valence-corrected chi connectivity index (χ3v) is 4.78. The predicted molar refractivity (Wildman–Crippen MR) is 98.7 cm³/mol. The molecule has 3 rings (SSSR count). The third kappa shape index (κ3) is 4.67. The second kappa shape index (κ2) is 9.42. The highest BCUT2D eigenvalue weighted by molar-refractivity contribution is 5.36. The molecule has 0 amide bonds. The highest BCUT2D eigenvalue weighted by Crippen LogP contribution is 2.27. The van der Waals surface area contributed by atoms with E-state index in [0.29, 0.717) is 18.6 Å². The number of aromatic nitrogens is 1. The van der Waals surface area contributed by atoms with Gasteiger partial charge >= 0.3 is 0 Å².